The van der Waals surface area contributed by atoms with Gasteiger partial charge in [0.15, 0.2) is 0 Å². The Labute approximate surface area is 146 Å². The summed E-state index contributed by atoms with van der Waals surface area (Å²) in [5.74, 6) is 1.36. The summed E-state index contributed by atoms with van der Waals surface area (Å²) < 4.78 is 18.8. The van der Waals surface area contributed by atoms with Gasteiger partial charge in [0.1, 0.15) is 5.82 Å². The number of hydrogen-bond acceptors (Lipinski definition) is 2. The van der Waals surface area contributed by atoms with E-state index in [9.17, 15) is 4.39 Å². The van der Waals surface area contributed by atoms with Gasteiger partial charge in [-0.3, -0.25) is 0 Å². The maximum Gasteiger partial charge on any atom is 0.123 e. The van der Waals surface area contributed by atoms with E-state index in [2.05, 4.69) is 12.2 Å². The predicted octanol–water partition coefficient (Wildman–Crippen LogP) is 4.96. The summed E-state index contributed by atoms with van der Waals surface area (Å²) in [5.41, 5.74) is 2.76. The number of rotatable bonds is 5. The number of benzene rings is 1. The van der Waals surface area contributed by atoms with Crippen LogP contribution in [0, 0.1) is 18.7 Å². The molecule has 0 atom stereocenters. The number of nitrogens with one attached hydrogen (secondary N) is 1. The Morgan fingerprint density at radius 1 is 1.17 bits per heavy atom. The zero-order valence-electron chi connectivity index (χ0n) is 15.2. The first kappa shape index (κ1) is 17.9. The van der Waals surface area contributed by atoms with Crippen molar-refractivity contribution in [3.05, 3.63) is 35.1 Å². The highest BCUT2D eigenvalue weighted by Crippen LogP contribution is 2.38. The van der Waals surface area contributed by atoms with Crippen LogP contribution in [0.1, 0.15) is 68.9 Å². The SMILES string of the molecule is Cc1cc(F)ccc1C1CCC(CCNC2(C)CCOCC2)CC1. The van der Waals surface area contributed by atoms with Gasteiger partial charge in [0.2, 0.25) is 0 Å². The largest absolute Gasteiger partial charge is 0.381 e. The summed E-state index contributed by atoms with van der Waals surface area (Å²) >= 11 is 0. The monoisotopic (exact) mass is 333 g/mol. The van der Waals surface area contributed by atoms with Gasteiger partial charge < -0.3 is 10.1 Å². The van der Waals surface area contributed by atoms with Crippen molar-refractivity contribution in [2.45, 2.75) is 70.3 Å². The van der Waals surface area contributed by atoms with Crippen LogP contribution in [0.15, 0.2) is 18.2 Å². The average Bonchev–Trinajstić information content (AvgIpc) is 2.56. The van der Waals surface area contributed by atoms with Crippen molar-refractivity contribution in [3.8, 4) is 0 Å². The fourth-order valence-electron chi connectivity index (χ4n) is 4.44. The van der Waals surface area contributed by atoms with Crippen LogP contribution in [-0.2, 0) is 4.74 Å². The molecular weight excluding hydrogens is 301 g/mol. The molecule has 0 radical (unpaired) electrons. The van der Waals surface area contributed by atoms with Crippen molar-refractivity contribution < 1.29 is 9.13 Å². The predicted molar refractivity (Wildman–Crippen MR) is 96.9 cm³/mol. The minimum absolute atomic E-state index is 0.113. The van der Waals surface area contributed by atoms with Crippen molar-refractivity contribution >= 4 is 0 Å². The second kappa shape index (κ2) is 7.97. The second-order valence-corrected chi connectivity index (χ2v) is 8.11. The van der Waals surface area contributed by atoms with Crippen LogP contribution in [0.25, 0.3) is 0 Å². The average molecular weight is 333 g/mol. The summed E-state index contributed by atoms with van der Waals surface area (Å²) in [6.45, 7) is 7.30. The molecule has 0 amide bonds. The molecular formula is C21H32FNO. The first-order chi connectivity index (χ1) is 11.6. The highest BCUT2D eigenvalue weighted by molar-refractivity contribution is 5.30. The van der Waals surface area contributed by atoms with Crippen molar-refractivity contribution in [3.63, 3.8) is 0 Å². The highest BCUT2D eigenvalue weighted by Gasteiger charge is 2.27. The Hall–Kier alpha value is -0.930. The Morgan fingerprint density at radius 3 is 2.54 bits per heavy atom. The summed E-state index contributed by atoms with van der Waals surface area (Å²) in [5, 5.41) is 3.78. The minimum atomic E-state index is -0.113. The number of halogens is 1. The van der Waals surface area contributed by atoms with Crippen molar-refractivity contribution in [2.24, 2.45) is 5.92 Å². The van der Waals surface area contributed by atoms with Crippen LogP contribution in [0.4, 0.5) is 4.39 Å². The molecule has 1 heterocycles. The molecule has 3 heteroatoms. The molecule has 3 rings (SSSR count). The highest BCUT2D eigenvalue weighted by atomic mass is 19.1. The Morgan fingerprint density at radius 2 is 1.88 bits per heavy atom. The lowest BCUT2D eigenvalue weighted by molar-refractivity contribution is 0.0446. The lowest BCUT2D eigenvalue weighted by Crippen LogP contribution is -2.47. The third kappa shape index (κ3) is 4.58. The summed E-state index contributed by atoms with van der Waals surface area (Å²) in [4.78, 5) is 0. The third-order valence-electron chi connectivity index (χ3n) is 6.22. The van der Waals surface area contributed by atoms with Gasteiger partial charge in [0.05, 0.1) is 0 Å². The van der Waals surface area contributed by atoms with Gasteiger partial charge in [-0.15, -0.1) is 0 Å². The van der Waals surface area contributed by atoms with Crippen LogP contribution < -0.4 is 5.32 Å². The third-order valence-corrected chi connectivity index (χ3v) is 6.22. The van der Waals surface area contributed by atoms with Crippen LogP contribution >= 0.6 is 0 Å². The standard InChI is InChI=1S/C21H32FNO/c1-16-15-19(22)7-8-20(16)18-5-3-17(4-6-18)9-12-23-21(2)10-13-24-14-11-21/h7-8,15,17-18,23H,3-6,9-14H2,1-2H3. The number of ether oxygens (including phenoxy) is 1. The molecule has 2 fully saturated rings. The zero-order chi connectivity index (χ0) is 17.0. The normalized spacial score (nSPS) is 27.1. The van der Waals surface area contributed by atoms with Gasteiger partial charge in [0.25, 0.3) is 0 Å². The quantitative estimate of drug-likeness (QED) is 0.822. The van der Waals surface area contributed by atoms with E-state index < -0.39 is 0 Å². The number of hydrogen-bond donors (Lipinski definition) is 1. The van der Waals surface area contributed by atoms with E-state index in [1.165, 1.54) is 37.7 Å². The molecule has 0 spiro atoms. The Balaban J connectivity index is 1.42. The summed E-state index contributed by atoms with van der Waals surface area (Å²) in [7, 11) is 0. The van der Waals surface area contributed by atoms with Crippen molar-refractivity contribution in [1.29, 1.82) is 0 Å². The molecule has 0 bridgehead atoms. The Kier molecular flexibility index (Phi) is 5.93. The van der Waals surface area contributed by atoms with Crippen LogP contribution in [0.3, 0.4) is 0 Å². The molecule has 2 nitrogen and oxygen atoms in total. The molecule has 1 aromatic carbocycles. The van der Waals surface area contributed by atoms with Crippen molar-refractivity contribution in [2.75, 3.05) is 19.8 Å². The fourth-order valence-corrected chi connectivity index (χ4v) is 4.44. The maximum atomic E-state index is 13.3. The van der Waals surface area contributed by atoms with E-state index in [1.54, 1.807) is 12.1 Å². The van der Waals surface area contributed by atoms with Crippen LogP contribution in [0.5, 0.6) is 0 Å². The summed E-state index contributed by atoms with van der Waals surface area (Å²) in [6, 6.07) is 5.30. The van der Waals surface area contributed by atoms with Gasteiger partial charge in [-0.1, -0.05) is 6.07 Å². The number of aryl methyl sites for hydroxylation is 1. The topological polar surface area (TPSA) is 21.3 Å². The van der Waals surface area contributed by atoms with Gasteiger partial charge in [-0.05, 0) is 100 Å². The van der Waals surface area contributed by atoms with Crippen LogP contribution in [0.2, 0.25) is 0 Å². The molecule has 2 aliphatic rings. The fraction of sp³-hybridized carbons (Fsp3) is 0.714. The van der Waals surface area contributed by atoms with E-state index in [-0.39, 0.29) is 11.4 Å². The first-order valence-electron chi connectivity index (χ1n) is 9.64. The molecule has 1 saturated heterocycles. The molecule has 134 valence electrons. The van der Waals surface area contributed by atoms with E-state index in [0.717, 1.165) is 44.1 Å². The molecule has 0 unspecified atom stereocenters. The van der Waals surface area contributed by atoms with E-state index in [0.29, 0.717) is 5.92 Å². The molecule has 0 aromatic heterocycles. The summed E-state index contributed by atoms with van der Waals surface area (Å²) in [6.07, 6.45) is 8.66. The smallest absolute Gasteiger partial charge is 0.123 e. The molecule has 1 aromatic rings. The minimum Gasteiger partial charge on any atom is -0.381 e. The molecule has 1 saturated carbocycles. The van der Waals surface area contributed by atoms with E-state index >= 15 is 0 Å². The maximum absolute atomic E-state index is 13.3. The molecule has 24 heavy (non-hydrogen) atoms. The second-order valence-electron chi connectivity index (χ2n) is 8.11. The zero-order valence-corrected chi connectivity index (χ0v) is 15.2. The van der Waals surface area contributed by atoms with Gasteiger partial charge >= 0.3 is 0 Å². The first-order valence-corrected chi connectivity index (χ1v) is 9.64. The van der Waals surface area contributed by atoms with Crippen molar-refractivity contribution in [1.82, 2.24) is 5.32 Å². The Bertz CT molecular complexity index is 531. The van der Waals surface area contributed by atoms with E-state index in [1.807, 2.05) is 13.0 Å². The van der Waals surface area contributed by atoms with Gasteiger partial charge in [-0.25, -0.2) is 4.39 Å². The molecule has 1 aliphatic heterocycles. The van der Waals surface area contributed by atoms with E-state index in [4.69, 9.17) is 4.74 Å². The van der Waals surface area contributed by atoms with Crippen LogP contribution in [-0.4, -0.2) is 25.3 Å². The molecule has 1 aliphatic carbocycles. The lowest BCUT2D eigenvalue weighted by Gasteiger charge is -2.36. The molecule has 1 N–H and O–H groups in total. The van der Waals surface area contributed by atoms with Gasteiger partial charge in [-0.2, -0.15) is 0 Å². The lowest BCUT2D eigenvalue weighted by atomic mass is 9.76. The van der Waals surface area contributed by atoms with Gasteiger partial charge in [0, 0.05) is 18.8 Å².